The van der Waals surface area contributed by atoms with Crippen molar-refractivity contribution in [3.8, 4) is 11.5 Å². The molecule has 0 saturated carbocycles. The number of carbonyl (C=O) groups is 1. The lowest BCUT2D eigenvalue weighted by Crippen LogP contribution is -2.44. The third-order valence-electron chi connectivity index (χ3n) is 2.87. The van der Waals surface area contributed by atoms with Crippen LogP contribution in [0.15, 0.2) is 18.2 Å². The number of nitrogens with two attached hydrogens (primary N) is 1. The number of methoxy groups -OCH3 is 2. The molecule has 0 radical (unpaired) electrons. The SMILES string of the molecule is COc1ccc(OC)c(C(=O)NC(C)(C)CCN)c1. The number of benzene rings is 1. The Morgan fingerprint density at radius 3 is 2.53 bits per heavy atom. The van der Waals surface area contributed by atoms with E-state index in [9.17, 15) is 4.79 Å². The van der Waals surface area contributed by atoms with Crippen LogP contribution in [0.25, 0.3) is 0 Å². The van der Waals surface area contributed by atoms with Gasteiger partial charge < -0.3 is 20.5 Å². The number of carbonyl (C=O) groups excluding carboxylic acids is 1. The first-order valence-corrected chi connectivity index (χ1v) is 6.18. The molecule has 5 nitrogen and oxygen atoms in total. The zero-order valence-electron chi connectivity index (χ0n) is 11.9. The van der Waals surface area contributed by atoms with Crippen molar-refractivity contribution in [3.63, 3.8) is 0 Å². The summed E-state index contributed by atoms with van der Waals surface area (Å²) in [5, 5.41) is 2.95. The van der Waals surface area contributed by atoms with Gasteiger partial charge in [-0.1, -0.05) is 0 Å². The van der Waals surface area contributed by atoms with Gasteiger partial charge in [-0.05, 0) is 45.0 Å². The second-order valence-corrected chi connectivity index (χ2v) is 4.94. The van der Waals surface area contributed by atoms with Gasteiger partial charge in [0.1, 0.15) is 11.5 Å². The lowest BCUT2D eigenvalue weighted by Gasteiger charge is -2.26. The van der Waals surface area contributed by atoms with E-state index in [0.717, 1.165) is 0 Å². The monoisotopic (exact) mass is 266 g/mol. The lowest BCUT2D eigenvalue weighted by atomic mass is 10.00. The van der Waals surface area contributed by atoms with Gasteiger partial charge in [0.15, 0.2) is 0 Å². The number of rotatable bonds is 6. The van der Waals surface area contributed by atoms with Gasteiger partial charge >= 0.3 is 0 Å². The molecule has 0 aliphatic heterocycles. The van der Waals surface area contributed by atoms with E-state index in [1.54, 1.807) is 25.3 Å². The Kier molecular flexibility index (Phi) is 5.18. The Morgan fingerprint density at radius 1 is 1.32 bits per heavy atom. The molecular weight excluding hydrogens is 244 g/mol. The van der Waals surface area contributed by atoms with Crippen molar-refractivity contribution in [2.24, 2.45) is 5.73 Å². The summed E-state index contributed by atoms with van der Waals surface area (Å²) >= 11 is 0. The molecular formula is C14H22N2O3. The van der Waals surface area contributed by atoms with Crippen LogP contribution in [0, 0.1) is 0 Å². The molecule has 0 heterocycles. The smallest absolute Gasteiger partial charge is 0.255 e. The van der Waals surface area contributed by atoms with Gasteiger partial charge in [0.05, 0.1) is 19.8 Å². The first-order chi connectivity index (χ1) is 8.93. The summed E-state index contributed by atoms with van der Waals surface area (Å²) in [5.74, 6) is 0.929. The van der Waals surface area contributed by atoms with Gasteiger partial charge in [-0.25, -0.2) is 0 Å². The summed E-state index contributed by atoms with van der Waals surface area (Å²) < 4.78 is 10.3. The topological polar surface area (TPSA) is 73.6 Å². The highest BCUT2D eigenvalue weighted by atomic mass is 16.5. The Morgan fingerprint density at radius 2 is 2.00 bits per heavy atom. The molecule has 0 aromatic heterocycles. The Hall–Kier alpha value is -1.75. The summed E-state index contributed by atoms with van der Waals surface area (Å²) in [6.45, 7) is 4.39. The van der Waals surface area contributed by atoms with E-state index < -0.39 is 0 Å². The van der Waals surface area contributed by atoms with E-state index in [-0.39, 0.29) is 11.4 Å². The average molecular weight is 266 g/mol. The molecule has 1 amide bonds. The molecule has 0 bridgehead atoms. The maximum atomic E-state index is 12.3. The largest absolute Gasteiger partial charge is 0.497 e. The van der Waals surface area contributed by atoms with Crippen molar-refractivity contribution in [2.45, 2.75) is 25.8 Å². The first-order valence-electron chi connectivity index (χ1n) is 6.18. The quantitative estimate of drug-likeness (QED) is 0.819. The zero-order chi connectivity index (χ0) is 14.5. The van der Waals surface area contributed by atoms with Crippen LogP contribution in [-0.4, -0.2) is 32.2 Å². The van der Waals surface area contributed by atoms with Crippen molar-refractivity contribution in [2.75, 3.05) is 20.8 Å². The van der Waals surface area contributed by atoms with Crippen molar-refractivity contribution in [1.29, 1.82) is 0 Å². The third-order valence-corrected chi connectivity index (χ3v) is 2.87. The molecule has 1 rings (SSSR count). The molecule has 3 N–H and O–H groups in total. The second kappa shape index (κ2) is 6.43. The molecule has 1 aromatic carbocycles. The van der Waals surface area contributed by atoms with Crippen LogP contribution in [0.4, 0.5) is 0 Å². The number of hydrogen-bond donors (Lipinski definition) is 2. The van der Waals surface area contributed by atoms with Gasteiger partial charge in [0.25, 0.3) is 5.91 Å². The predicted octanol–water partition coefficient (Wildman–Crippen LogP) is 1.56. The molecule has 106 valence electrons. The average Bonchev–Trinajstić information content (AvgIpc) is 2.37. The Bertz CT molecular complexity index is 444. The Labute approximate surface area is 114 Å². The molecule has 0 spiro atoms. The number of hydrogen-bond acceptors (Lipinski definition) is 4. The van der Waals surface area contributed by atoms with E-state index in [0.29, 0.717) is 30.0 Å². The van der Waals surface area contributed by atoms with E-state index in [2.05, 4.69) is 5.32 Å². The van der Waals surface area contributed by atoms with Crippen molar-refractivity contribution >= 4 is 5.91 Å². The van der Waals surface area contributed by atoms with Crippen LogP contribution in [0.3, 0.4) is 0 Å². The Balaban J connectivity index is 2.97. The minimum absolute atomic E-state index is 0.200. The fraction of sp³-hybridized carbons (Fsp3) is 0.500. The maximum Gasteiger partial charge on any atom is 0.255 e. The van der Waals surface area contributed by atoms with Gasteiger partial charge in [0.2, 0.25) is 0 Å². The van der Waals surface area contributed by atoms with Gasteiger partial charge in [-0.15, -0.1) is 0 Å². The van der Waals surface area contributed by atoms with Crippen LogP contribution in [0.2, 0.25) is 0 Å². The normalized spacial score (nSPS) is 11.0. The standard InChI is InChI=1S/C14H22N2O3/c1-14(2,7-8-15)16-13(17)11-9-10(18-3)5-6-12(11)19-4/h5-6,9H,7-8,15H2,1-4H3,(H,16,17). The fourth-order valence-electron chi connectivity index (χ4n) is 1.79. The van der Waals surface area contributed by atoms with E-state index in [4.69, 9.17) is 15.2 Å². The molecule has 19 heavy (non-hydrogen) atoms. The molecule has 0 aliphatic carbocycles. The van der Waals surface area contributed by atoms with E-state index in [1.807, 2.05) is 13.8 Å². The van der Waals surface area contributed by atoms with Crippen LogP contribution >= 0.6 is 0 Å². The predicted molar refractivity (Wildman–Crippen MR) is 74.8 cm³/mol. The minimum atomic E-state index is -0.361. The maximum absolute atomic E-state index is 12.3. The number of nitrogens with one attached hydrogen (secondary N) is 1. The summed E-state index contributed by atoms with van der Waals surface area (Å²) in [5.41, 5.74) is 5.62. The van der Waals surface area contributed by atoms with Crippen LogP contribution in [0.5, 0.6) is 11.5 Å². The van der Waals surface area contributed by atoms with Gasteiger partial charge in [0, 0.05) is 5.54 Å². The fourth-order valence-corrected chi connectivity index (χ4v) is 1.79. The number of amides is 1. The van der Waals surface area contributed by atoms with Crippen LogP contribution < -0.4 is 20.5 Å². The third kappa shape index (κ3) is 4.13. The van der Waals surface area contributed by atoms with Gasteiger partial charge in [-0.2, -0.15) is 0 Å². The van der Waals surface area contributed by atoms with Gasteiger partial charge in [-0.3, -0.25) is 4.79 Å². The van der Waals surface area contributed by atoms with Crippen LogP contribution in [0.1, 0.15) is 30.6 Å². The molecule has 0 aliphatic rings. The molecule has 0 atom stereocenters. The zero-order valence-corrected chi connectivity index (χ0v) is 11.9. The molecule has 0 saturated heterocycles. The lowest BCUT2D eigenvalue weighted by molar-refractivity contribution is 0.0907. The van der Waals surface area contributed by atoms with Crippen molar-refractivity contribution in [1.82, 2.24) is 5.32 Å². The van der Waals surface area contributed by atoms with E-state index in [1.165, 1.54) is 7.11 Å². The second-order valence-electron chi connectivity index (χ2n) is 4.94. The molecule has 5 heteroatoms. The summed E-state index contributed by atoms with van der Waals surface area (Å²) in [7, 11) is 3.09. The molecule has 1 aromatic rings. The first kappa shape index (κ1) is 15.3. The summed E-state index contributed by atoms with van der Waals surface area (Å²) in [6, 6.07) is 5.12. The number of ether oxygens (including phenoxy) is 2. The minimum Gasteiger partial charge on any atom is -0.497 e. The summed E-state index contributed by atoms with van der Waals surface area (Å²) in [6.07, 6.45) is 0.699. The highest BCUT2D eigenvalue weighted by Crippen LogP contribution is 2.24. The summed E-state index contributed by atoms with van der Waals surface area (Å²) in [4.78, 5) is 12.3. The van der Waals surface area contributed by atoms with Crippen molar-refractivity contribution in [3.05, 3.63) is 23.8 Å². The highest BCUT2D eigenvalue weighted by molar-refractivity contribution is 5.97. The van der Waals surface area contributed by atoms with Crippen LogP contribution in [-0.2, 0) is 0 Å². The highest BCUT2D eigenvalue weighted by Gasteiger charge is 2.22. The molecule has 0 fully saturated rings. The van der Waals surface area contributed by atoms with Crippen molar-refractivity contribution < 1.29 is 14.3 Å². The molecule has 0 unspecified atom stereocenters. The van der Waals surface area contributed by atoms with E-state index >= 15 is 0 Å².